The van der Waals surface area contributed by atoms with Crippen LogP contribution in [-0.2, 0) is 15.5 Å². The summed E-state index contributed by atoms with van der Waals surface area (Å²) in [5.41, 5.74) is 5.45. The maximum atomic E-state index is 11.2. The zero-order valence-corrected chi connectivity index (χ0v) is 10.6. The number of hydrogen-bond acceptors (Lipinski definition) is 4. The van der Waals surface area contributed by atoms with E-state index in [-0.39, 0.29) is 0 Å². The monoisotopic (exact) mass is 236 g/mol. The molecule has 92 valence electrons. The molecule has 0 aromatic carbocycles. The average molecular weight is 236 g/mol. The first-order valence-corrected chi connectivity index (χ1v) is 7.00. The molecule has 0 radical (unpaired) electrons. The SMILES string of the molecule is CCS(=O)CCNC(CCCN)COC. The van der Waals surface area contributed by atoms with Crippen LogP contribution >= 0.6 is 0 Å². The van der Waals surface area contributed by atoms with E-state index in [2.05, 4.69) is 5.32 Å². The largest absolute Gasteiger partial charge is 0.383 e. The Morgan fingerprint density at radius 3 is 2.80 bits per heavy atom. The van der Waals surface area contributed by atoms with Gasteiger partial charge in [0, 0.05) is 42.0 Å². The molecule has 0 aliphatic carbocycles. The van der Waals surface area contributed by atoms with Crippen molar-refractivity contribution in [3.05, 3.63) is 0 Å². The number of rotatable bonds is 10. The van der Waals surface area contributed by atoms with E-state index in [0.29, 0.717) is 19.2 Å². The highest BCUT2D eigenvalue weighted by Crippen LogP contribution is 1.96. The summed E-state index contributed by atoms with van der Waals surface area (Å²) in [5, 5.41) is 3.35. The lowest BCUT2D eigenvalue weighted by molar-refractivity contribution is 0.163. The molecule has 15 heavy (non-hydrogen) atoms. The summed E-state index contributed by atoms with van der Waals surface area (Å²) in [4.78, 5) is 0. The molecule has 3 N–H and O–H groups in total. The molecule has 0 saturated carbocycles. The maximum Gasteiger partial charge on any atom is 0.0615 e. The van der Waals surface area contributed by atoms with Gasteiger partial charge in [0.25, 0.3) is 0 Å². The minimum atomic E-state index is -0.681. The number of nitrogens with one attached hydrogen (secondary N) is 1. The molecule has 5 heteroatoms. The average Bonchev–Trinajstić information content (AvgIpc) is 2.25. The summed E-state index contributed by atoms with van der Waals surface area (Å²) in [6.07, 6.45) is 2.01. The van der Waals surface area contributed by atoms with Gasteiger partial charge in [0.2, 0.25) is 0 Å². The molecule has 0 saturated heterocycles. The molecule has 0 bridgehead atoms. The zero-order valence-electron chi connectivity index (χ0n) is 9.83. The Balaban J connectivity index is 3.60. The van der Waals surface area contributed by atoms with Crippen LogP contribution in [0.15, 0.2) is 0 Å². The first kappa shape index (κ1) is 15.0. The Bertz CT molecular complexity index is 168. The summed E-state index contributed by atoms with van der Waals surface area (Å²) < 4.78 is 16.3. The second kappa shape index (κ2) is 10.5. The smallest absolute Gasteiger partial charge is 0.0615 e. The lowest BCUT2D eigenvalue weighted by atomic mass is 10.1. The number of ether oxygens (including phenoxy) is 1. The fourth-order valence-electron chi connectivity index (χ4n) is 1.33. The van der Waals surface area contributed by atoms with E-state index in [1.165, 1.54) is 0 Å². The standard InChI is InChI=1S/C10H24N2O2S/c1-3-15(13)8-7-12-10(9-14-2)5-4-6-11/h10,12H,3-9,11H2,1-2H3. The molecule has 0 aromatic rings. The third-order valence-electron chi connectivity index (χ3n) is 2.21. The third-order valence-corrected chi connectivity index (χ3v) is 3.51. The van der Waals surface area contributed by atoms with Gasteiger partial charge >= 0.3 is 0 Å². The number of hydrogen-bond donors (Lipinski definition) is 2. The summed E-state index contributed by atoms with van der Waals surface area (Å²) >= 11 is 0. The van der Waals surface area contributed by atoms with Gasteiger partial charge in [-0.15, -0.1) is 0 Å². The summed E-state index contributed by atoms with van der Waals surface area (Å²) in [7, 11) is 1.01. The minimum absolute atomic E-state index is 0.340. The molecule has 0 heterocycles. The molecule has 2 unspecified atom stereocenters. The molecule has 0 rings (SSSR count). The van der Waals surface area contributed by atoms with E-state index >= 15 is 0 Å². The van der Waals surface area contributed by atoms with Gasteiger partial charge in [-0.05, 0) is 19.4 Å². The summed E-state index contributed by atoms with van der Waals surface area (Å²) in [6.45, 7) is 4.14. The normalized spacial score (nSPS) is 15.1. The lowest BCUT2D eigenvalue weighted by Gasteiger charge is -2.17. The van der Waals surface area contributed by atoms with Crippen molar-refractivity contribution in [2.45, 2.75) is 25.8 Å². The molecule has 4 nitrogen and oxygen atoms in total. The molecule has 0 aromatic heterocycles. The summed E-state index contributed by atoms with van der Waals surface area (Å²) in [6, 6.07) is 0.340. The Kier molecular flexibility index (Phi) is 10.6. The Morgan fingerprint density at radius 1 is 1.53 bits per heavy atom. The van der Waals surface area contributed by atoms with Gasteiger partial charge in [0.1, 0.15) is 0 Å². The zero-order chi connectivity index (χ0) is 11.5. The fourth-order valence-corrected chi connectivity index (χ4v) is 1.97. The van der Waals surface area contributed by atoms with Crippen LogP contribution < -0.4 is 11.1 Å². The highest BCUT2D eigenvalue weighted by Gasteiger charge is 2.07. The first-order valence-electron chi connectivity index (χ1n) is 5.52. The molecular weight excluding hydrogens is 212 g/mol. The van der Waals surface area contributed by atoms with Crippen molar-refractivity contribution in [3.8, 4) is 0 Å². The second-order valence-corrected chi connectivity index (χ2v) is 5.34. The third kappa shape index (κ3) is 8.99. The predicted octanol–water partition coefficient (Wildman–Crippen LogP) is 0.0985. The maximum absolute atomic E-state index is 11.2. The molecule has 0 spiro atoms. The van der Waals surface area contributed by atoms with Crippen molar-refractivity contribution in [2.75, 3.05) is 38.3 Å². The molecule has 0 aliphatic heterocycles. The van der Waals surface area contributed by atoms with Gasteiger partial charge in [-0.3, -0.25) is 4.21 Å². The Labute approximate surface area is 95.4 Å². The quantitative estimate of drug-likeness (QED) is 0.564. The topological polar surface area (TPSA) is 64.4 Å². The van der Waals surface area contributed by atoms with E-state index in [4.69, 9.17) is 10.5 Å². The highest BCUT2D eigenvalue weighted by atomic mass is 32.2. The molecule has 0 amide bonds. The fraction of sp³-hybridized carbons (Fsp3) is 1.00. The van der Waals surface area contributed by atoms with Crippen molar-refractivity contribution >= 4 is 10.8 Å². The van der Waals surface area contributed by atoms with Crippen LogP contribution in [0.1, 0.15) is 19.8 Å². The van der Waals surface area contributed by atoms with Crippen LogP contribution in [0.5, 0.6) is 0 Å². The van der Waals surface area contributed by atoms with Crippen molar-refractivity contribution in [1.29, 1.82) is 0 Å². The van der Waals surface area contributed by atoms with E-state index in [1.807, 2.05) is 6.92 Å². The molecular formula is C10H24N2O2S. The Morgan fingerprint density at radius 2 is 2.27 bits per heavy atom. The van der Waals surface area contributed by atoms with E-state index in [0.717, 1.165) is 30.9 Å². The van der Waals surface area contributed by atoms with Crippen molar-refractivity contribution < 1.29 is 8.95 Å². The molecule has 2 atom stereocenters. The van der Waals surface area contributed by atoms with Crippen molar-refractivity contribution in [1.82, 2.24) is 5.32 Å². The van der Waals surface area contributed by atoms with Gasteiger partial charge in [0.05, 0.1) is 6.61 Å². The van der Waals surface area contributed by atoms with Gasteiger partial charge in [0.15, 0.2) is 0 Å². The van der Waals surface area contributed by atoms with Crippen molar-refractivity contribution in [3.63, 3.8) is 0 Å². The number of methoxy groups -OCH3 is 1. The minimum Gasteiger partial charge on any atom is -0.383 e. The van der Waals surface area contributed by atoms with Gasteiger partial charge in [-0.25, -0.2) is 0 Å². The van der Waals surface area contributed by atoms with Gasteiger partial charge in [-0.1, -0.05) is 6.92 Å². The highest BCUT2D eigenvalue weighted by molar-refractivity contribution is 7.84. The van der Waals surface area contributed by atoms with Gasteiger partial charge < -0.3 is 15.8 Å². The molecule has 0 aliphatic rings. The van der Waals surface area contributed by atoms with E-state index in [1.54, 1.807) is 7.11 Å². The van der Waals surface area contributed by atoms with Crippen molar-refractivity contribution in [2.24, 2.45) is 5.73 Å². The van der Waals surface area contributed by atoms with E-state index < -0.39 is 10.8 Å². The number of nitrogens with two attached hydrogens (primary N) is 1. The first-order chi connectivity index (χ1) is 7.24. The van der Waals surface area contributed by atoms with E-state index in [9.17, 15) is 4.21 Å². The van der Waals surface area contributed by atoms with Crippen LogP contribution in [0.4, 0.5) is 0 Å². The van der Waals surface area contributed by atoms with Gasteiger partial charge in [-0.2, -0.15) is 0 Å². The second-order valence-electron chi connectivity index (χ2n) is 3.47. The molecule has 0 fully saturated rings. The predicted molar refractivity (Wildman–Crippen MR) is 65.5 cm³/mol. The van der Waals surface area contributed by atoms with Crippen LogP contribution in [0, 0.1) is 0 Å². The van der Waals surface area contributed by atoms with Crippen LogP contribution in [-0.4, -0.2) is 48.6 Å². The van der Waals surface area contributed by atoms with Crippen LogP contribution in [0.3, 0.4) is 0 Å². The summed E-state index contributed by atoms with van der Waals surface area (Å²) in [5.74, 6) is 1.46. The van der Waals surface area contributed by atoms with Crippen LogP contribution in [0.2, 0.25) is 0 Å². The van der Waals surface area contributed by atoms with Crippen LogP contribution in [0.25, 0.3) is 0 Å². The Hall–Kier alpha value is 0.0300. The lowest BCUT2D eigenvalue weighted by Crippen LogP contribution is -2.36.